The Morgan fingerprint density at radius 2 is 2.36 bits per heavy atom. The van der Waals surface area contributed by atoms with E-state index in [2.05, 4.69) is 10.8 Å². The Morgan fingerprint density at radius 1 is 1.57 bits per heavy atom. The van der Waals surface area contributed by atoms with Gasteiger partial charge in [0.15, 0.2) is 0 Å². The van der Waals surface area contributed by atoms with Gasteiger partial charge in [0.25, 0.3) is 0 Å². The molecule has 0 saturated carbocycles. The molecule has 0 spiro atoms. The Bertz CT molecular complexity index is 376. The standard InChI is InChI=1S/C10H12N2O2/c1-6(12-14)7-2-3-8-5-10(13)11-9(8)4-7/h2-4,6,12,14H,5H2,1H3,(H,11,13). The molecule has 1 heterocycles. The average molecular weight is 192 g/mol. The molecule has 4 nitrogen and oxygen atoms in total. The number of anilines is 1. The summed E-state index contributed by atoms with van der Waals surface area (Å²) < 4.78 is 0. The van der Waals surface area contributed by atoms with Crippen LogP contribution in [0.2, 0.25) is 0 Å². The summed E-state index contributed by atoms with van der Waals surface area (Å²) in [6.45, 7) is 1.85. The average Bonchev–Trinajstić information content (AvgIpc) is 2.55. The van der Waals surface area contributed by atoms with E-state index in [1.165, 1.54) is 0 Å². The molecule has 1 unspecified atom stereocenters. The molecule has 0 bridgehead atoms. The monoisotopic (exact) mass is 192 g/mol. The number of rotatable bonds is 2. The van der Waals surface area contributed by atoms with Crippen molar-refractivity contribution in [3.8, 4) is 0 Å². The minimum absolute atomic E-state index is 0.0294. The highest BCUT2D eigenvalue weighted by Gasteiger charge is 2.18. The van der Waals surface area contributed by atoms with Crippen LogP contribution in [0.1, 0.15) is 24.1 Å². The van der Waals surface area contributed by atoms with Crippen molar-refractivity contribution in [3.05, 3.63) is 29.3 Å². The number of carbonyl (C=O) groups excluding carboxylic acids is 1. The first-order valence-corrected chi connectivity index (χ1v) is 4.53. The van der Waals surface area contributed by atoms with E-state index in [1.54, 1.807) is 0 Å². The SMILES string of the molecule is CC(NO)c1ccc2c(c1)NC(=O)C2. The third-order valence-corrected chi connectivity index (χ3v) is 2.45. The molecule has 1 aromatic rings. The van der Waals surface area contributed by atoms with Crippen LogP contribution >= 0.6 is 0 Å². The maximum atomic E-state index is 11.1. The van der Waals surface area contributed by atoms with Gasteiger partial charge in [-0.05, 0) is 24.1 Å². The number of hydrogen-bond acceptors (Lipinski definition) is 3. The van der Waals surface area contributed by atoms with Crippen molar-refractivity contribution in [2.45, 2.75) is 19.4 Å². The third kappa shape index (κ3) is 1.49. The second kappa shape index (κ2) is 3.40. The molecular formula is C10H12N2O2. The zero-order valence-electron chi connectivity index (χ0n) is 7.87. The summed E-state index contributed by atoms with van der Waals surface area (Å²) in [5.74, 6) is 0.0294. The van der Waals surface area contributed by atoms with Gasteiger partial charge in [0.2, 0.25) is 5.91 Å². The summed E-state index contributed by atoms with van der Waals surface area (Å²) in [7, 11) is 0. The number of hydrogen-bond donors (Lipinski definition) is 3. The fraction of sp³-hybridized carbons (Fsp3) is 0.300. The van der Waals surface area contributed by atoms with Gasteiger partial charge in [0.05, 0.1) is 12.5 Å². The van der Waals surface area contributed by atoms with Crippen molar-refractivity contribution >= 4 is 11.6 Å². The van der Waals surface area contributed by atoms with Crippen LogP contribution < -0.4 is 10.8 Å². The van der Waals surface area contributed by atoms with Gasteiger partial charge in [-0.2, -0.15) is 5.48 Å². The van der Waals surface area contributed by atoms with E-state index in [0.717, 1.165) is 16.8 Å². The van der Waals surface area contributed by atoms with Gasteiger partial charge >= 0.3 is 0 Å². The quantitative estimate of drug-likeness (QED) is 0.617. The fourth-order valence-electron chi connectivity index (χ4n) is 1.58. The fourth-order valence-corrected chi connectivity index (χ4v) is 1.58. The van der Waals surface area contributed by atoms with Crippen molar-refractivity contribution in [3.63, 3.8) is 0 Å². The van der Waals surface area contributed by atoms with Crippen molar-refractivity contribution < 1.29 is 10.0 Å². The van der Waals surface area contributed by atoms with E-state index in [1.807, 2.05) is 25.1 Å². The van der Waals surface area contributed by atoms with Crippen LogP contribution in [0.4, 0.5) is 5.69 Å². The summed E-state index contributed by atoms with van der Waals surface area (Å²) in [5, 5.41) is 11.5. The zero-order valence-corrected chi connectivity index (χ0v) is 7.87. The highest BCUT2D eigenvalue weighted by molar-refractivity contribution is 5.99. The lowest BCUT2D eigenvalue weighted by atomic mass is 10.0. The van der Waals surface area contributed by atoms with E-state index >= 15 is 0 Å². The van der Waals surface area contributed by atoms with Crippen molar-refractivity contribution in [1.82, 2.24) is 5.48 Å². The first kappa shape index (κ1) is 9.18. The highest BCUT2D eigenvalue weighted by Crippen LogP contribution is 2.26. The second-order valence-electron chi connectivity index (χ2n) is 3.49. The number of nitrogens with one attached hydrogen (secondary N) is 2. The van der Waals surface area contributed by atoms with Gasteiger partial charge in [-0.15, -0.1) is 0 Å². The summed E-state index contributed by atoms with van der Waals surface area (Å²) >= 11 is 0. The maximum Gasteiger partial charge on any atom is 0.228 e. The number of benzene rings is 1. The van der Waals surface area contributed by atoms with E-state index in [9.17, 15) is 4.79 Å². The number of hydroxylamine groups is 1. The molecule has 1 aliphatic heterocycles. The Hall–Kier alpha value is -1.39. The van der Waals surface area contributed by atoms with Crippen LogP contribution in [-0.4, -0.2) is 11.1 Å². The summed E-state index contributed by atoms with van der Waals surface area (Å²) in [6.07, 6.45) is 0.455. The van der Waals surface area contributed by atoms with Gasteiger partial charge in [0, 0.05) is 5.69 Å². The second-order valence-corrected chi connectivity index (χ2v) is 3.49. The molecule has 0 saturated heterocycles. The largest absolute Gasteiger partial charge is 0.326 e. The number of amides is 1. The molecule has 74 valence electrons. The van der Waals surface area contributed by atoms with E-state index < -0.39 is 0 Å². The smallest absolute Gasteiger partial charge is 0.228 e. The molecule has 0 aromatic heterocycles. The van der Waals surface area contributed by atoms with Crippen LogP contribution in [-0.2, 0) is 11.2 Å². The third-order valence-electron chi connectivity index (χ3n) is 2.45. The lowest BCUT2D eigenvalue weighted by Crippen LogP contribution is -2.13. The van der Waals surface area contributed by atoms with Gasteiger partial charge in [-0.1, -0.05) is 12.1 Å². The van der Waals surface area contributed by atoms with Crippen molar-refractivity contribution in [2.75, 3.05) is 5.32 Å². The highest BCUT2D eigenvalue weighted by atomic mass is 16.5. The Morgan fingerprint density at radius 3 is 3.07 bits per heavy atom. The van der Waals surface area contributed by atoms with Gasteiger partial charge < -0.3 is 10.5 Å². The van der Waals surface area contributed by atoms with Crippen LogP contribution in [0.3, 0.4) is 0 Å². The molecule has 2 rings (SSSR count). The zero-order chi connectivity index (χ0) is 10.1. The molecule has 0 fully saturated rings. The van der Waals surface area contributed by atoms with Crippen LogP contribution in [0.25, 0.3) is 0 Å². The molecule has 0 aliphatic carbocycles. The first-order chi connectivity index (χ1) is 6.70. The normalized spacial score (nSPS) is 16.3. The first-order valence-electron chi connectivity index (χ1n) is 4.53. The van der Waals surface area contributed by atoms with E-state index in [4.69, 9.17) is 5.21 Å². The van der Waals surface area contributed by atoms with Crippen LogP contribution in [0.15, 0.2) is 18.2 Å². The molecule has 1 amide bonds. The predicted octanol–water partition coefficient (Wildman–Crippen LogP) is 1.22. The molecule has 1 atom stereocenters. The molecular weight excluding hydrogens is 180 g/mol. The maximum absolute atomic E-state index is 11.1. The minimum Gasteiger partial charge on any atom is -0.326 e. The summed E-state index contributed by atoms with van der Waals surface area (Å²) in [4.78, 5) is 11.1. The molecule has 1 aromatic carbocycles. The van der Waals surface area contributed by atoms with E-state index in [0.29, 0.717) is 6.42 Å². The van der Waals surface area contributed by atoms with Crippen LogP contribution in [0, 0.1) is 0 Å². The lowest BCUT2D eigenvalue weighted by molar-refractivity contribution is -0.115. The summed E-state index contributed by atoms with van der Waals surface area (Å²) in [6, 6.07) is 5.58. The Kier molecular flexibility index (Phi) is 2.23. The molecule has 4 heteroatoms. The molecule has 1 aliphatic rings. The Labute approximate surface area is 81.9 Å². The predicted molar refractivity (Wildman–Crippen MR) is 52.1 cm³/mol. The van der Waals surface area contributed by atoms with Crippen molar-refractivity contribution in [2.24, 2.45) is 0 Å². The van der Waals surface area contributed by atoms with Gasteiger partial charge in [0.1, 0.15) is 0 Å². The van der Waals surface area contributed by atoms with E-state index in [-0.39, 0.29) is 11.9 Å². The molecule has 0 radical (unpaired) electrons. The van der Waals surface area contributed by atoms with Gasteiger partial charge in [-0.3, -0.25) is 4.79 Å². The van der Waals surface area contributed by atoms with Crippen molar-refractivity contribution in [1.29, 1.82) is 0 Å². The topological polar surface area (TPSA) is 61.4 Å². The molecule has 3 N–H and O–H groups in total. The van der Waals surface area contributed by atoms with Gasteiger partial charge in [-0.25, -0.2) is 0 Å². The minimum atomic E-state index is -0.127. The summed E-state index contributed by atoms with van der Waals surface area (Å²) in [5.41, 5.74) is 5.00. The molecule has 14 heavy (non-hydrogen) atoms. The lowest BCUT2D eigenvalue weighted by Gasteiger charge is -2.10. The van der Waals surface area contributed by atoms with Crippen LogP contribution in [0.5, 0.6) is 0 Å². The Balaban J connectivity index is 2.32. The number of carbonyl (C=O) groups is 1. The number of fused-ring (bicyclic) bond motifs is 1.